The van der Waals surface area contributed by atoms with Crippen LogP contribution in [0.15, 0.2) is 30.3 Å². The van der Waals surface area contributed by atoms with Gasteiger partial charge in [-0.1, -0.05) is 51.1 Å². The van der Waals surface area contributed by atoms with Crippen LogP contribution < -0.4 is 0 Å². The standard InChI is InChI=1S/C15H19NO4/c1-15(2,3)13-16(14(18)19)11(12(17)20-13)9-10-7-5-4-6-8-10/h4-8,11,13H,9H2,1-3H3,(H,18,19)/t11-,13-/m0/s1. The largest absolute Gasteiger partial charge is 0.465 e. The molecule has 1 heterocycles. The molecule has 1 N–H and O–H groups in total. The SMILES string of the molecule is CC(C)(C)[C@@H]1OC(=O)[C@H](Cc2ccccc2)N1C(=O)O. The van der Waals surface area contributed by atoms with Gasteiger partial charge in [-0.05, 0) is 5.56 Å². The maximum absolute atomic E-state index is 12.0. The van der Waals surface area contributed by atoms with Gasteiger partial charge < -0.3 is 9.84 Å². The molecule has 0 unspecified atom stereocenters. The molecule has 1 aliphatic heterocycles. The first kappa shape index (κ1) is 14.4. The van der Waals surface area contributed by atoms with Crippen LogP contribution in [0.5, 0.6) is 0 Å². The molecule has 1 amide bonds. The summed E-state index contributed by atoms with van der Waals surface area (Å²) in [4.78, 5) is 24.7. The first-order valence-electron chi connectivity index (χ1n) is 6.56. The van der Waals surface area contributed by atoms with Crippen molar-refractivity contribution in [1.82, 2.24) is 4.90 Å². The average molecular weight is 277 g/mol. The minimum atomic E-state index is -1.13. The van der Waals surface area contributed by atoms with Crippen molar-refractivity contribution >= 4 is 12.1 Å². The van der Waals surface area contributed by atoms with Gasteiger partial charge in [-0.2, -0.15) is 0 Å². The molecule has 0 spiro atoms. The van der Waals surface area contributed by atoms with Crippen molar-refractivity contribution in [3.05, 3.63) is 35.9 Å². The molecule has 1 aromatic rings. The van der Waals surface area contributed by atoms with Gasteiger partial charge in [0.2, 0.25) is 0 Å². The predicted octanol–water partition coefficient (Wildman–Crippen LogP) is 2.51. The van der Waals surface area contributed by atoms with E-state index >= 15 is 0 Å². The number of amides is 1. The van der Waals surface area contributed by atoms with Gasteiger partial charge in [-0.3, -0.25) is 4.90 Å². The second kappa shape index (κ2) is 5.15. The molecule has 1 fully saturated rings. The molecule has 2 atom stereocenters. The summed E-state index contributed by atoms with van der Waals surface area (Å²) < 4.78 is 5.29. The van der Waals surface area contributed by atoms with Crippen molar-refractivity contribution < 1.29 is 19.4 Å². The first-order valence-corrected chi connectivity index (χ1v) is 6.56. The topological polar surface area (TPSA) is 66.8 Å². The number of ether oxygens (including phenoxy) is 1. The van der Waals surface area contributed by atoms with Gasteiger partial charge in [0.1, 0.15) is 6.04 Å². The highest BCUT2D eigenvalue weighted by atomic mass is 16.6. The van der Waals surface area contributed by atoms with E-state index in [0.717, 1.165) is 10.5 Å². The van der Waals surface area contributed by atoms with Gasteiger partial charge in [0, 0.05) is 11.8 Å². The molecule has 1 saturated heterocycles. The van der Waals surface area contributed by atoms with Crippen LogP contribution in [0.3, 0.4) is 0 Å². The minimum absolute atomic E-state index is 0.332. The smallest absolute Gasteiger partial charge is 0.410 e. The number of benzene rings is 1. The number of esters is 1. The first-order chi connectivity index (χ1) is 9.30. The van der Waals surface area contributed by atoms with E-state index in [0.29, 0.717) is 6.42 Å². The van der Waals surface area contributed by atoms with Crippen LogP contribution in [0.2, 0.25) is 0 Å². The van der Waals surface area contributed by atoms with Gasteiger partial charge >= 0.3 is 12.1 Å². The summed E-state index contributed by atoms with van der Waals surface area (Å²) in [6.45, 7) is 5.56. The fraction of sp³-hybridized carbons (Fsp3) is 0.467. The number of cyclic esters (lactones) is 1. The monoisotopic (exact) mass is 277 g/mol. The Balaban J connectivity index is 2.27. The third-order valence-corrected chi connectivity index (χ3v) is 3.32. The lowest BCUT2D eigenvalue weighted by Crippen LogP contribution is -2.47. The van der Waals surface area contributed by atoms with Crippen LogP contribution in [0.1, 0.15) is 26.3 Å². The second-order valence-corrected chi connectivity index (χ2v) is 6.05. The van der Waals surface area contributed by atoms with Crippen molar-refractivity contribution in [1.29, 1.82) is 0 Å². The zero-order chi connectivity index (χ0) is 14.9. The maximum atomic E-state index is 12.0. The second-order valence-electron chi connectivity index (χ2n) is 6.05. The minimum Gasteiger partial charge on any atom is -0.465 e. The average Bonchev–Trinajstić information content (AvgIpc) is 2.68. The lowest BCUT2D eigenvalue weighted by atomic mass is 9.93. The fourth-order valence-corrected chi connectivity index (χ4v) is 2.37. The molecule has 0 aromatic heterocycles. The lowest BCUT2D eigenvalue weighted by Gasteiger charge is -2.32. The maximum Gasteiger partial charge on any atom is 0.410 e. The third kappa shape index (κ3) is 2.76. The molecule has 1 aliphatic rings. The zero-order valence-corrected chi connectivity index (χ0v) is 11.9. The Labute approximate surface area is 118 Å². The zero-order valence-electron chi connectivity index (χ0n) is 11.9. The van der Waals surface area contributed by atoms with Crippen molar-refractivity contribution in [2.45, 2.75) is 39.5 Å². The number of hydrogen-bond donors (Lipinski definition) is 1. The number of rotatable bonds is 2. The summed E-state index contributed by atoms with van der Waals surface area (Å²) in [6.07, 6.45) is -1.55. The normalized spacial score (nSPS) is 22.8. The Morgan fingerprint density at radius 2 is 1.90 bits per heavy atom. The molecule has 5 nitrogen and oxygen atoms in total. The van der Waals surface area contributed by atoms with Crippen molar-refractivity contribution in [3.8, 4) is 0 Å². The van der Waals surface area contributed by atoms with E-state index in [-0.39, 0.29) is 0 Å². The summed E-state index contributed by atoms with van der Waals surface area (Å²) >= 11 is 0. The Hall–Kier alpha value is -2.04. The molecule has 0 radical (unpaired) electrons. The van der Waals surface area contributed by atoms with Crippen molar-refractivity contribution in [2.75, 3.05) is 0 Å². The van der Waals surface area contributed by atoms with Crippen LogP contribution in [0.25, 0.3) is 0 Å². The Morgan fingerprint density at radius 3 is 2.40 bits per heavy atom. The Bertz CT molecular complexity index is 506. The molecular formula is C15H19NO4. The summed E-state index contributed by atoms with van der Waals surface area (Å²) in [7, 11) is 0. The van der Waals surface area contributed by atoms with Crippen LogP contribution in [-0.4, -0.2) is 34.3 Å². The summed E-state index contributed by atoms with van der Waals surface area (Å²) in [5.74, 6) is -0.476. The molecule has 0 bridgehead atoms. The molecule has 0 saturated carbocycles. The van der Waals surface area contributed by atoms with E-state index in [1.54, 1.807) is 0 Å². The molecule has 20 heavy (non-hydrogen) atoms. The summed E-state index contributed by atoms with van der Waals surface area (Å²) in [5.41, 5.74) is 0.453. The van der Waals surface area contributed by atoms with Gasteiger partial charge in [0.15, 0.2) is 6.23 Å². The fourth-order valence-electron chi connectivity index (χ4n) is 2.37. The van der Waals surface area contributed by atoms with Crippen molar-refractivity contribution in [3.63, 3.8) is 0 Å². The summed E-state index contributed by atoms with van der Waals surface area (Å²) in [6, 6.07) is 8.57. The number of carboxylic acid groups (broad SMARTS) is 1. The molecule has 2 rings (SSSR count). The van der Waals surface area contributed by atoms with E-state index < -0.39 is 29.7 Å². The number of carbonyl (C=O) groups is 2. The van der Waals surface area contributed by atoms with E-state index in [4.69, 9.17) is 4.74 Å². The third-order valence-electron chi connectivity index (χ3n) is 3.32. The van der Waals surface area contributed by atoms with E-state index in [1.165, 1.54) is 0 Å². The molecule has 0 aliphatic carbocycles. The predicted molar refractivity (Wildman–Crippen MR) is 73.1 cm³/mol. The van der Waals surface area contributed by atoms with Crippen LogP contribution in [-0.2, 0) is 16.0 Å². The molecule has 1 aromatic carbocycles. The Kier molecular flexibility index (Phi) is 3.70. The van der Waals surface area contributed by atoms with E-state index in [9.17, 15) is 14.7 Å². The van der Waals surface area contributed by atoms with Crippen LogP contribution in [0, 0.1) is 5.41 Å². The highest BCUT2D eigenvalue weighted by molar-refractivity contribution is 5.84. The summed E-state index contributed by atoms with van der Waals surface area (Å²) in [5, 5.41) is 9.41. The van der Waals surface area contributed by atoms with Gasteiger partial charge in [0.05, 0.1) is 0 Å². The van der Waals surface area contributed by atoms with E-state index in [1.807, 2.05) is 51.1 Å². The highest BCUT2D eigenvalue weighted by Gasteiger charge is 2.49. The number of carbonyl (C=O) groups excluding carboxylic acids is 1. The van der Waals surface area contributed by atoms with Gasteiger partial charge in [-0.15, -0.1) is 0 Å². The molecule has 108 valence electrons. The van der Waals surface area contributed by atoms with Crippen molar-refractivity contribution in [2.24, 2.45) is 5.41 Å². The van der Waals surface area contributed by atoms with Gasteiger partial charge in [-0.25, -0.2) is 9.59 Å². The van der Waals surface area contributed by atoms with Crippen LogP contribution in [0.4, 0.5) is 4.79 Å². The quantitative estimate of drug-likeness (QED) is 0.843. The number of nitrogens with zero attached hydrogens (tertiary/aromatic N) is 1. The Morgan fingerprint density at radius 1 is 1.30 bits per heavy atom. The highest BCUT2D eigenvalue weighted by Crippen LogP contribution is 2.33. The van der Waals surface area contributed by atoms with E-state index in [2.05, 4.69) is 0 Å². The molecular weight excluding hydrogens is 258 g/mol. The van der Waals surface area contributed by atoms with Crippen LogP contribution >= 0.6 is 0 Å². The van der Waals surface area contributed by atoms with Gasteiger partial charge in [0.25, 0.3) is 0 Å². The lowest BCUT2D eigenvalue weighted by molar-refractivity contribution is -0.147. The number of hydrogen-bond acceptors (Lipinski definition) is 3. The molecule has 5 heteroatoms.